The number of nitrogens with zero attached hydrogens (tertiary/aromatic N) is 1. The standard InChI is InChI=1S/C15H15ClN2O3/c1-19-13-6-10(7-14-15(13)21-5-4-20-14)8-18-12-9-17-3-2-11(12)16/h2-3,6-7,9,18H,4-5,8H2,1H3. The summed E-state index contributed by atoms with van der Waals surface area (Å²) in [6.07, 6.45) is 3.35. The van der Waals surface area contributed by atoms with Crippen LogP contribution >= 0.6 is 11.6 Å². The Morgan fingerprint density at radius 2 is 2.19 bits per heavy atom. The summed E-state index contributed by atoms with van der Waals surface area (Å²) in [7, 11) is 1.61. The van der Waals surface area contributed by atoms with Crippen molar-refractivity contribution in [3.63, 3.8) is 0 Å². The van der Waals surface area contributed by atoms with Gasteiger partial charge in [0.05, 0.1) is 24.0 Å². The van der Waals surface area contributed by atoms with Crippen molar-refractivity contribution in [1.82, 2.24) is 4.98 Å². The van der Waals surface area contributed by atoms with Crippen LogP contribution in [0.1, 0.15) is 5.56 Å². The van der Waals surface area contributed by atoms with E-state index in [-0.39, 0.29) is 0 Å². The number of rotatable bonds is 4. The maximum atomic E-state index is 6.09. The van der Waals surface area contributed by atoms with Crippen LogP contribution in [0.4, 0.5) is 5.69 Å². The zero-order valence-electron chi connectivity index (χ0n) is 11.6. The van der Waals surface area contributed by atoms with Gasteiger partial charge in [0.2, 0.25) is 5.75 Å². The summed E-state index contributed by atoms with van der Waals surface area (Å²) in [5.41, 5.74) is 1.80. The number of benzene rings is 1. The molecule has 0 radical (unpaired) electrons. The molecule has 1 N–H and O–H groups in total. The molecule has 1 aromatic heterocycles. The Balaban J connectivity index is 1.81. The van der Waals surface area contributed by atoms with Crippen molar-refractivity contribution in [1.29, 1.82) is 0 Å². The van der Waals surface area contributed by atoms with Gasteiger partial charge in [-0.15, -0.1) is 0 Å². The van der Waals surface area contributed by atoms with Crippen LogP contribution < -0.4 is 19.5 Å². The third kappa shape index (κ3) is 2.97. The molecule has 6 heteroatoms. The van der Waals surface area contributed by atoms with Crippen LogP contribution in [-0.4, -0.2) is 25.3 Å². The van der Waals surface area contributed by atoms with Crippen molar-refractivity contribution in [2.24, 2.45) is 0 Å². The van der Waals surface area contributed by atoms with E-state index in [1.165, 1.54) is 0 Å². The van der Waals surface area contributed by atoms with E-state index < -0.39 is 0 Å². The molecule has 1 aromatic carbocycles. The summed E-state index contributed by atoms with van der Waals surface area (Å²) in [4.78, 5) is 4.05. The molecule has 0 saturated heterocycles. The van der Waals surface area contributed by atoms with E-state index >= 15 is 0 Å². The van der Waals surface area contributed by atoms with E-state index in [2.05, 4.69) is 10.3 Å². The van der Waals surface area contributed by atoms with Crippen LogP contribution in [0, 0.1) is 0 Å². The first-order chi connectivity index (χ1) is 10.3. The molecule has 0 spiro atoms. The molecular formula is C15H15ClN2O3. The second-order valence-corrected chi connectivity index (χ2v) is 4.94. The van der Waals surface area contributed by atoms with Gasteiger partial charge in [-0.25, -0.2) is 0 Å². The Kier molecular flexibility index (Phi) is 4.01. The maximum Gasteiger partial charge on any atom is 0.203 e. The predicted octanol–water partition coefficient (Wildman–Crippen LogP) is 3.13. The topological polar surface area (TPSA) is 52.6 Å². The monoisotopic (exact) mass is 306 g/mol. The van der Waals surface area contributed by atoms with E-state index in [1.807, 2.05) is 12.1 Å². The second kappa shape index (κ2) is 6.10. The van der Waals surface area contributed by atoms with Gasteiger partial charge >= 0.3 is 0 Å². The van der Waals surface area contributed by atoms with Crippen molar-refractivity contribution in [3.05, 3.63) is 41.2 Å². The van der Waals surface area contributed by atoms with Gasteiger partial charge in [0, 0.05) is 12.7 Å². The summed E-state index contributed by atoms with van der Waals surface area (Å²) in [5, 5.41) is 3.87. The number of aromatic nitrogens is 1. The third-order valence-electron chi connectivity index (χ3n) is 3.14. The molecule has 2 aromatic rings. The fraction of sp³-hybridized carbons (Fsp3) is 0.267. The number of hydrogen-bond acceptors (Lipinski definition) is 5. The van der Waals surface area contributed by atoms with Gasteiger partial charge in [-0.1, -0.05) is 11.6 Å². The lowest BCUT2D eigenvalue weighted by Crippen LogP contribution is -2.16. The summed E-state index contributed by atoms with van der Waals surface area (Å²) in [6, 6.07) is 5.60. The van der Waals surface area contributed by atoms with Crippen LogP contribution in [0.3, 0.4) is 0 Å². The largest absolute Gasteiger partial charge is 0.493 e. The molecule has 0 atom stereocenters. The first kappa shape index (κ1) is 13.8. The van der Waals surface area contributed by atoms with Crippen LogP contribution in [0.15, 0.2) is 30.6 Å². The lowest BCUT2D eigenvalue weighted by Gasteiger charge is -2.21. The quantitative estimate of drug-likeness (QED) is 0.940. The molecule has 2 heterocycles. The highest BCUT2D eigenvalue weighted by Gasteiger charge is 2.18. The zero-order valence-corrected chi connectivity index (χ0v) is 12.3. The number of fused-ring (bicyclic) bond motifs is 1. The van der Waals surface area contributed by atoms with Gasteiger partial charge in [-0.05, 0) is 23.8 Å². The number of pyridine rings is 1. The minimum Gasteiger partial charge on any atom is -0.493 e. The average Bonchev–Trinajstić information content (AvgIpc) is 2.53. The van der Waals surface area contributed by atoms with Gasteiger partial charge in [0.25, 0.3) is 0 Å². The lowest BCUT2D eigenvalue weighted by atomic mass is 10.1. The van der Waals surface area contributed by atoms with Gasteiger partial charge in [0.15, 0.2) is 11.5 Å². The number of anilines is 1. The van der Waals surface area contributed by atoms with Gasteiger partial charge in [-0.3, -0.25) is 4.98 Å². The van der Waals surface area contributed by atoms with Crippen molar-refractivity contribution >= 4 is 17.3 Å². The van der Waals surface area contributed by atoms with Gasteiger partial charge in [-0.2, -0.15) is 0 Å². The minimum atomic E-state index is 0.534. The molecule has 1 aliphatic heterocycles. The smallest absolute Gasteiger partial charge is 0.203 e. The number of nitrogens with one attached hydrogen (secondary N) is 1. The number of hydrogen-bond donors (Lipinski definition) is 1. The Bertz CT molecular complexity index is 632. The van der Waals surface area contributed by atoms with E-state index in [1.54, 1.807) is 25.6 Å². The second-order valence-electron chi connectivity index (χ2n) is 4.53. The summed E-state index contributed by atoms with van der Waals surface area (Å²) in [5.74, 6) is 2.03. The van der Waals surface area contributed by atoms with E-state index in [4.69, 9.17) is 25.8 Å². The minimum absolute atomic E-state index is 0.534. The molecule has 3 rings (SSSR count). The van der Waals surface area contributed by atoms with Crippen LogP contribution in [0.2, 0.25) is 5.02 Å². The predicted molar refractivity (Wildman–Crippen MR) is 80.6 cm³/mol. The number of methoxy groups -OCH3 is 1. The Labute approximate surface area is 127 Å². The average molecular weight is 307 g/mol. The molecule has 5 nitrogen and oxygen atoms in total. The van der Waals surface area contributed by atoms with E-state index in [9.17, 15) is 0 Å². The highest BCUT2D eigenvalue weighted by Crippen LogP contribution is 2.40. The molecule has 110 valence electrons. The molecular weight excluding hydrogens is 292 g/mol. The van der Waals surface area contributed by atoms with Gasteiger partial charge < -0.3 is 19.5 Å². The zero-order chi connectivity index (χ0) is 14.7. The van der Waals surface area contributed by atoms with E-state index in [0.717, 1.165) is 11.3 Å². The summed E-state index contributed by atoms with van der Waals surface area (Å²) in [6.45, 7) is 1.66. The lowest BCUT2D eigenvalue weighted by molar-refractivity contribution is 0.165. The van der Waals surface area contributed by atoms with Crippen LogP contribution in [0.25, 0.3) is 0 Å². The van der Waals surface area contributed by atoms with Crippen molar-refractivity contribution in [2.75, 3.05) is 25.6 Å². The first-order valence-electron chi connectivity index (χ1n) is 6.58. The Morgan fingerprint density at radius 1 is 1.33 bits per heavy atom. The molecule has 0 amide bonds. The van der Waals surface area contributed by atoms with Crippen molar-refractivity contribution in [2.45, 2.75) is 6.54 Å². The number of halogens is 1. The summed E-state index contributed by atoms with van der Waals surface area (Å²) >= 11 is 6.09. The Morgan fingerprint density at radius 3 is 3.00 bits per heavy atom. The molecule has 0 fully saturated rings. The third-order valence-corrected chi connectivity index (χ3v) is 3.47. The molecule has 0 unspecified atom stereocenters. The molecule has 0 saturated carbocycles. The molecule has 21 heavy (non-hydrogen) atoms. The van der Waals surface area contributed by atoms with Crippen LogP contribution in [0.5, 0.6) is 17.2 Å². The molecule has 0 bridgehead atoms. The van der Waals surface area contributed by atoms with Crippen molar-refractivity contribution < 1.29 is 14.2 Å². The molecule has 1 aliphatic rings. The van der Waals surface area contributed by atoms with Crippen LogP contribution in [-0.2, 0) is 6.54 Å². The fourth-order valence-electron chi connectivity index (χ4n) is 2.13. The number of ether oxygens (including phenoxy) is 3. The first-order valence-corrected chi connectivity index (χ1v) is 6.95. The van der Waals surface area contributed by atoms with Gasteiger partial charge in [0.1, 0.15) is 13.2 Å². The summed E-state index contributed by atoms with van der Waals surface area (Å²) < 4.78 is 16.5. The highest BCUT2D eigenvalue weighted by atomic mass is 35.5. The normalized spacial score (nSPS) is 12.9. The van der Waals surface area contributed by atoms with E-state index in [0.29, 0.717) is 42.0 Å². The Hall–Kier alpha value is -2.14. The maximum absolute atomic E-state index is 6.09. The molecule has 0 aliphatic carbocycles. The SMILES string of the molecule is COc1cc(CNc2cnccc2Cl)cc2c1OCCO2. The highest BCUT2D eigenvalue weighted by molar-refractivity contribution is 6.33. The fourth-order valence-corrected chi connectivity index (χ4v) is 2.31. The van der Waals surface area contributed by atoms with Crippen molar-refractivity contribution in [3.8, 4) is 17.2 Å².